The quantitative estimate of drug-likeness (QED) is 0.777. The summed E-state index contributed by atoms with van der Waals surface area (Å²) in [5.41, 5.74) is -1.53. The monoisotopic (exact) mass is 274 g/mol. The molecule has 0 aromatic rings. The Morgan fingerprint density at radius 2 is 1.72 bits per heavy atom. The van der Waals surface area contributed by atoms with E-state index in [1.54, 1.807) is 0 Å². The maximum Gasteiger partial charge on any atom is 0.335 e. The Hall–Kier alpha value is -0.393. The molecule has 2 N–H and O–H groups in total. The number of aliphatic carboxylic acids is 1. The lowest BCUT2D eigenvalue weighted by Gasteiger charge is -2.42. The molecule has 4 nitrogen and oxygen atoms in total. The first-order chi connectivity index (χ1) is 7.98. The van der Waals surface area contributed by atoms with E-state index >= 15 is 0 Å². The van der Waals surface area contributed by atoms with Crippen molar-refractivity contribution in [1.82, 2.24) is 0 Å². The van der Waals surface area contributed by atoms with E-state index in [0.29, 0.717) is 25.7 Å². The lowest BCUT2D eigenvalue weighted by Crippen LogP contribution is -2.48. The second kappa shape index (κ2) is 4.94. The van der Waals surface area contributed by atoms with Crippen molar-refractivity contribution in [2.45, 2.75) is 76.3 Å². The minimum Gasteiger partial charge on any atom is -0.479 e. The van der Waals surface area contributed by atoms with Crippen molar-refractivity contribution in [1.29, 1.82) is 0 Å². The lowest BCUT2D eigenvalue weighted by molar-refractivity contribution is -0.163. The van der Waals surface area contributed by atoms with Crippen molar-refractivity contribution in [3.8, 4) is 0 Å². The van der Waals surface area contributed by atoms with Crippen LogP contribution in [0.15, 0.2) is 0 Å². The number of carboxylic acids is 1. The summed E-state index contributed by atoms with van der Waals surface area (Å²) in [5, 5.41) is 19.0. The molecule has 0 aromatic carbocycles. The van der Waals surface area contributed by atoms with Crippen molar-refractivity contribution in [2.75, 3.05) is 0 Å². The smallest absolute Gasteiger partial charge is 0.335 e. The molecule has 18 heavy (non-hydrogen) atoms. The Kier molecular flexibility index (Phi) is 4.30. The maximum absolute atomic E-state index is 10.9. The van der Waals surface area contributed by atoms with Crippen LogP contribution in [0.3, 0.4) is 0 Å². The zero-order chi connectivity index (χ0) is 14.2. The van der Waals surface area contributed by atoms with Crippen LogP contribution in [-0.2, 0) is 9.22 Å². The summed E-state index contributed by atoms with van der Waals surface area (Å²) in [6.45, 7) is 11.0. The third kappa shape index (κ3) is 3.33. The van der Waals surface area contributed by atoms with Crippen molar-refractivity contribution in [3.05, 3.63) is 0 Å². The van der Waals surface area contributed by atoms with E-state index in [4.69, 9.17) is 9.53 Å². The summed E-state index contributed by atoms with van der Waals surface area (Å²) >= 11 is 0. The van der Waals surface area contributed by atoms with Gasteiger partial charge in [0, 0.05) is 6.10 Å². The van der Waals surface area contributed by atoms with Gasteiger partial charge in [0.15, 0.2) is 13.9 Å². The first kappa shape index (κ1) is 15.7. The average molecular weight is 274 g/mol. The summed E-state index contributed by atoms with van der Waals surface area (Å²) in [6, 6.07) is 0. The molecule has 0 bridgehead atoms. The zero-order valence-corrected chi connectivity index (χ0v) is 13.1. The van der Waals surface area contributed by atoms with Gasteiger partial charge in [-0.25, -0.2) is 4.79 Å². The Balaban J connectivity index is 2.58. The van der Waals surface area contributed by atoms with Gasteiger partial charge in [-0.15, -0.1) is 0 Å². The fourth-order valence-electron chi connectivity index (χ4n) is 1.99. The van der Waals surface area contributed by atoms with Crippen LogP contribution >= 0.6 is 0 Å². The van der Waals surface area contributed by atoms with Crippen LogP contribution in [0.4, 0.5) is 0 Å². The summed E-state index contributed by atoms with van der Waals surface area (Å²) in [7, 11) is -1.79. The Labute approximate surface area is 110 Å². The van der Waals surface area contributed by atoms with Crippen molar-refractivity contribution in [3.63, 3.8) is 0 Å². The Morgan fingerprint density at radius 1 is 1.28 bits per heavy atom. The van der Waals surface area contributed by atoms with Crippen LogP contribution < -0.4 is 0 Å². The van der Waals surface area contributed by atoms with Gasteiger partial charge in [0.05, 0.1) is 0 Å². The zero-order valence-electron chi connectivity index (χ0n) is 12.1. The van der Waals surface area contributed by atoms with Crippen LogP contribution in [0.2, 0.25) is 18.1 Å². The van der Waals surface area contributed by atoms with Crippen LogP contribution in [0, 0.1) is 0 Å². The fraction of sp³-hybridized carbons (Fsp3) is 0.923. The third-order valence-electron chi connectivity index (χ3n) is 4.43. The summed E-state index contributed by atoms with van der Waals surface area (Å²) < 4.78 is 6.25. The lowest BCUT2D eigenvalue weighted by atomic mass is 9.83. The highest BCUT2D eigenvalue weighted by Gasteiger charge is 2.44. The maximum atomic E-state index is 10.9. The van der Waals surface area contributed by atoms with E-state index in [1.165, 1.54) is 0 Å². The first-order valence-electron chi connectivity index (χ1n) is 6.61. The summed E-state index contributed by atoms with van der Waals surface area (Å²) in [4.78, 5) is 10.9. The topological polar surface area (TPSA) is 66.8 Å². The molecular weight excluding hydrogens is 248 g/mol. The van der Waals surface area contributed by atoms with Gasteiger partial charge in [-0.1, -0.05) is 20.8 Å². The molecule has 0 unspecified atom stereocenters. The predicted octanol–water partition coefficient (Wildman–Crippen LogP) is 2.77. The van der Waals surface area contributed by atoms with Gasteiger partial charge >= 0.3 is 5.97 Å². The van der Waals surface area contributed by atoms with E-state index in [1.807, 2.05) is 0 Å². The SMILES string of the molecule is CC(C)(C)[Si](C)(C)O[C@H]1CC[C@@](O)(C(=O)O)CC1. The van der Waals surface area contributed by atoms with Gasteiger partial charge in [-0.2, -0.15) is 0 Å². The molecule has 0 atom stereocenters. The molecule has 106 valence electrons. The van der Waals surface area contributed by atoms with E-state index < -0.39 is 19.9 Å². The minimum atomic E-state index is -1.79. The van der Waals surface area contributed by atoms with E-state index in [0.717, 1.165) is 0 Å². The molecule has 0 aliphatic heterocycles. The third-order valence-corrected chi connectivity index (χ3v) is 8.96. The van der Waals surface area contributed by atoms with E-state index in [2.05, 4.69) is 33.9 Å². The van der Waals surface area contributed by atoms with Gasteiger partial charge in [0.25, 0.3) is 0 Å². The minimum absolute atomic E-state index is 0.102. The molecule has 0 spiro atoms. The molecule has 1 aliphatic rings. The van der Waals surface area contributed by atoms with Crippen molar-refractivity contribution in [2.24, 2.45) is 0 Å². The van der Waals surface area contributed by atoms with Gasteiger partial charge in [-0.3, -0.25) is 0 Å². The van der Waals surface area contributed by atoms with Crippen LogP contribution in [0.1, 0.15) is 46.5 Å². The highest BCUT2D eigenvalue weighted by Crippen LogP contribution is 2.40. The molecule has 0 heterocycles. The molecule has 0 saturated heterocycles. The molecule has 1 fully saturated rings. The molecule has 0 aromatic heterocycles. The molecule has 1 saturated carbocycles. The second-order valence-corrected chi connectivity index (χ2v) is 11.7. The van der Waals surface area contributed by atoms with Crippen molar-refractivity contribution >= 4 is 14.3 Å². The largest absolute Gasteiger partial charge is 0.479 e. The first-order valence-corrected chi connectivity index (χ1v) is 9.52. The average Bonchev–Trinajstić information content (AvgIpc) is 2.19. The van der Waals surface area contributed by atoms with Gasteiger partial charge < -0.3 is 14.6 Å². The number of carboxylic acid groups (broad SMARTS) is 1. The molecule has 5 heteroatoms. The van der Waals surface area contributed by atoms with Crippen LogP contribution in [0.5, 0.6) is 0 Å². The van der Waals surface area contributed by atoms with Gasteiger partial charge in [0.1, 0.15) is 0 Å². The fourth-order valence-corrected chi connectivity index (χ4v) is 3.42. The second-order valence-electron chi connectivity index (χ2n) is 6.91. The standard InChI is InChI=1S/C13H26O4Si/c1-12(2,3)18(4,5)17-10-6-8-13(16,9-7-10)11(14)15/h10,16H,6-9H2,1-5H3,(H,14,15)/t10-,13-. The molecular formula is C13H26O4Si. The highest BCUT2D eigenvalue weighted by atomic mass is 28.4. The normalized spacial score (nSPS) is 30.2. The Morgan fingerprint density at radius 3 is 2.06 bits per heavy atom. The summed E-state index contributed by atoms with van der Waals surface area (Å²) in [5.74, 6) is -1.10. The number of aliphatic hydroxyl groups is 1. The highest BCUT2D eigenvalue weighted by molar-refractivity contribution is 6.74. The predicted molar refractivity (Wildman–Crippen MR) is 73.1 cm³/mol. The molecule has 0 radical (unpaired) electrons. The van der Waals surface area contributed by atoms with E-state index in [-0.39, 0.29) is 11.1 Å². The molecule has 1 aliphatic carbocycles. The van der Waals surface area contributed by atoms with Crippen LogP contribution in [-0.4, -0.2) is 36.2 Å². The number of hydrogen-bond acceptors (Lipinski definition) is 3. The molecule has 0 amide bonds. The Bertz CT molecular complexity index is 311. The van der Waals surface area contributed by atoms with Gasteiger partial charge in [-0.05, 0) is 43.8 Å². The van der Waals surface area contributed by atoms with E-state index in [9.17, 15) is 9.90 Å². The number of carbonyl (C=O) groups is 1. The summed E-state index contributed by atoms with van der Waals surface area (Å²) in [6.07, 6.45) is 1.96. The van der Waals surface area contributed by atoms with Crippen LogP contribution in [0.25, 0.3) is 0 Å². The number of rotatable bonds is 3. The molecule has 1 rings (SSSR count). The van der Waals surface area contributed by atoms with Crippen molar-refractivity contribution < 1.29 is 19.4 Å². The number of hydrogen-bond donors (Lipinski definition) is 2. The van der Waals surface area contributed by atoms with Gasteiger partial charge in [0.2, 0.25) is 0 Å².